The zero-order valence-electron chi connectivity index (χ0n) is 19.5. The molecule has 0 saturated heterocycles. The van der Waals surface area contributed by atoms with E-state index in [4.69, 9.17) is 0 Å². The fraction of sp³-hybridized carbons (Fsp3) is 0.556. The summed E-state index contributed by atoms with van der Waals surface area (Å²) in [6.07, 6.45) is 4.66. The quantitative estimate of drug-likeness (QED) is 0.370. The molecule has 2 aliphatic rings. The maximum absolute atomic E-state index is 14.9. The highest BCUT2D eigenvalue weighted by molar-refractivity contribution is 5.66. The van der Waals surface area contributed by atoms with Gasteiger partial charge in [0.15, 0.2) is 11.6 Å². The number of halogens is 7. The van der Waals surface area contributed by atoms with E-state index in [1.807, 2.05) is 0 Å². The van der Waals surface area contributed by atoms with Gasteiger partial charge in [-0.1, -0.05) is 26.2 Å². The van der Waals surface area contributed by atoms with E-state index in [-0.39, 0.29) is 5.92 Å². The normalized spacial score (nSPS) is 25.5. The Morgan fingerprint density at radius 1 is 0.714 bits per heavy atom. The minimum absolute atomic E-state index is 0.00712. The lowest BCUT2D eigenvalue weighted by atomic mass is 9.68. The first kappa shape index (κ1) is 25.8. The Kier molecular flexibility index (Phi) is 7.67. The van der Waals surface area contributed by atoms with E-state index in [0.717, 1.165) is 37.5 Å². The molecule has 2 aliphatic carbocycles. The smallest absolute Gasteiger partial charge is 0.399 e. The van der Waals surface area contributed by atoms with Gasteiger partial charge in [-0.15, -0.1) is 13.2 Å². The van der Waals surface area contributed by atoms with Gasteiger partial charge < -0.3 is 4.74 Å². The lowest BCUT2D eigenvalue weighted by molar-refractivity contribution is -0.276. The summed E-state index contributed by atoms with van der Waals surface area (Å²) in [6.45, 7) is 2.24. The second-order valence-corrected chi connectivity index (χ2v) is 9.98. The van der Waals surface area contributed by atoms with Gasteiger partial charge in [-0.25, -0.2) is 17.6 Å². The minimum atomic E-state index is -5.31. The van der Waals surface area contributed by atoms with Crippen LogP contribution in [0.15, 0.2) is 24.3 Å². The van der Waals surface area contributed by atoms with Crippen molar-refractivity contribution in [1.29, 1.82) is 0 Å². The molecule has 2 aromatic carbocycles. The van der Waals surface area contributed by atoms with Crippen molar-refractivity contribution in [2.45, 2.75) is 77.0 Å². The third-order valence-electron chi connectivity index (χ3n) is 7.95. The molecule has 0 spiro atoms. The first-order valence-corrected chi connectivity index (χ1v) is 12.3. The Morgan fingerprint density at radius 3 is 1.66 bits per heavy atom. The van der Waals surface area contributed by atoms with Crippen molar-refractivity contribution in [2.24, 2.45) is 17.8 Å². The zero-order chi connectivity index (χ0) is 25.3. The molecule has 2 fully saturated rings. The van der Waals surface area contributed by atoms with Gasteiger partial charge in [-0.3, -0.25) is 0 Å². The third kappa shape index (κ3) is 5.95. The highest BCUT2D eigenvalue weighted by atomic mass is 19.4. The molecule has 0 radical (unpaired) electrons. The zero-order valence-corrected chi connectivity index (χ0v) is 19.5. The van der Waals surface area contributed by atoms with Gasteiger partial charge in [-0.05, 0) is 97.6 Å². The molecular formula is C27H29F7O. The van der Waals surface area contributed by atoms with E-state index >= 15 is 0 Å². The Hall–Kier alpha value is -2.25. The van der Waals surface area contributed by atoms with Crippen LogP contribution < -0.4 is 4.74 Å². The van der Waals surface area contributed by atoms with Crippen molar-refractivity contribution >= 4 is 0 Å². The van der Waals surface area contributed by atoms with E-state index in [1.54, 1.807) is 0 Å². The van der Waals surface area contributed by atoms with Crippen LogP contribution in [-0.4, -0.2) is 6.36 Å². The average molecular weight is 503 g/mol. The Bertz CT molecular complexity index is 986. The summed E-state index contributed by atoms with van der Waals surface area (Å²) in [5, 5.41) is 0. The maximum atomic E-state index is 14.9. The summed E-state index contributed by atoms with van der Waals surface area (Å²) in [7, 11) is 0. The predicted octanol–water partition coefficient (Wildman–Crippen LogP) is 9.30. The van der Waals surface area contributed by atoms with Crippen LogP contribution in [0.25, 0.3) is 11.1 Å². The molecule has 2 saturated carbocycles. The van der Waals surface area contributed by atoms with Crippen LogP contribution in [0.2, 0.25) is 0 Å². The van der Waals surface area contributed by atoms with Crippen LogP contribution in [0.3, 0.4) is 0 Å². The summed E-state index contributed by atoms with van der Waals surface area (Å²) >= 11 is 0. The van der Waals surface area contributed by atoms with Crippen molar-refractivity contribution in [3.05, 3.63) is 53.1 Å². The Labute approximate surface area is 200 Å². The van der Waals surface area contributed by atoms with E-state index in [9.17, 15) is 30.7 Å². The largest absolute Gasteiger partial charge is 0.573 e. The molecule has 0 unspecified atom stereocenters. The van der Waals surface area contributed by atoms with Crippen molar-refractivity contribution in [2.75, 3.05) is 0 Å². The van der Waals surface area contributed by atoms with Gasteiger partial charge in [0.1, 0.15) is 11.6 Å². The number of hydrogen-bond acceptors (Lipinski definition) is 1. The van der Waals surface area contributed by atoms with Gasteiger partial charge >= 0.3 is 6.36 Å². The second-order valence-electron chi connectivity index (χ2n) is 9.98. The van der Waals surface area contributed by atoms with E-state index in [0.29, 0.717) is 23.6 Å². The highest BCUT2D eigenvalue weighted by Crippen LogP contribution is 2.45. The molecule has 0 atom stereocenters. The van der Waals surface area contributed by atoms with Crippen LogP contribution in [0.1, 0.15) is 76.2 Å². The standard InChI is InChI=1S/C27H29F7O/c1-2-15-3-5-16(6-4-15)17-7-9-18(10-8-17)19-11-21(28)25(22(29)12-19)20-13-23(30)26(24(31)14-20)35-27(32,33)34/h11-18H,2-10H2,1H3. The first-order chi connectivity index (χ1) is 16.6. The fourth-order valence-electron chi connectivity index (χ4n) is 6.01. The van der Waals surface area contributed by atoms with Gasteiger partial charge in [0, 0.05) is 0 Å². The van der Waals surface area contributed by atoms with Gasteiger partial charge in [0.05, 0.1) is 5.56 Å². The Balaban J connectivity index is 1.47. The molecular weight excluding hydrogens is 473 g/mol. The minimum Gasteiger partial charge on any atom is -0.399 e. The monoisotopic (exact) mass is 502 g/mol. The average Bonchev–Trinajstić information content (AvgIpc) is 2.80. The number of benzene rings is 2. The molecule has 0 amide bonds. The molecule has 0 N–H and O–H groups in total. The number of ether oxygens (including phenoxy) is 1. The van der Waals surface area contributed by atoms with Crippen molar-refractivity contribution in [1.82, 2.24) is 0 Å². The van der Waals surface area contributed by atoms with Gasteiger partial charge in [0.25, 0.3) is 0 Å². The SMILES string of the molecule is CCC1CCC(C2CCC(c3cc(F)c(-c4cc(F)c(OC(F)(F)F)c(F)c4)c(F)c3)CC2)CC1. The summed E-state index contributed by atoms with van der Waals surface area (Å²) < 4.78 is 98.4. The maximum Gasteiger partial charge on any atom is 0.573 e. The van der Waals surface area contributed by atoms with Gasteiger partial charge in [0.2, 0.25) is 5.75 Å². The van der Waals surface area contributed by atoms with E-state index in [1.165, 1.54) is 44.2 Å². The summed E-state index contributed by atoms with van der Waals surface area (Å²) in [6, 6.07) is 3.21. The Morgan fingerprint density at radius 2 is 1.20 bits per heavy atom. The molecule has 1 nitrogen and oxygen atoms in total. The molecule has 8 heteroatoms. The van der Waals surface area contributed by atoms with Crippen LogP contribution in [0, 0.1) is 41.0 Å². The van der Waals surface area contributed by atoms with Crippen molar-refractivity contribution in [3.8, 4) is 16.9 Å². The molecule has 4 rings (SSSR count). The molecule has 192 valence electrons. The van der Waals surface area contributed by atoms with Crippen molar-refractivity contribution < 1.29 is 35.5 Å². The fourth-order valence-corrected chi connectivity index (χ4v) is 6.01. The van der Waals surface area contributed by atoms with E-state index < -0.39 is 46.5 Å². The number of alkyl halides is 3. The third-order valence-corrected chi connectivity index (χ3v) is 7.95. The molecule has 35 heavy (non-hydrogen) atoms. The van der Waals surface area contributed by atoms with E-state index in [2.05, 4.69) is 11.7 Å². The van der Waals surface area contributed by atoms with Crippen LogP contribution in [0.5, 0.6) is 5.75 Å². The lowest BCUT2D eigenvalue weighted by Gasteiger charge is -2.38. The second kappa shape index (κ2) is 10.4. The molecule has 0 bridgehead atoms. The molecule has 2 aromatic rings. The summed E-state index contributed by atoms with van der Waals surface area (Å²) in [4.78, 5) is 0. The number of rotatable bonds is 5. The number of hydrogen-bond donors (Lipinski definition) is 0. The molecule has 0 aromatic heterocycles. The van der Waals surface area contributed by atoms with Crippen LogP contribution in [0.4, 0.5) is 30.7 Å². The first-order valence-electron chi connectivity index (χ1n) is 12.3. The van der Waals surface area contributed by atoms with Gasteiger partial charge in [-0.2, -0.15) is 0 Å². The summed E-state index contributed by atoms with van der Waals surface area (Å²) in [5.74, 6) is -4.90. The molecule has 0 aliphatic heterocycles. The van der Waals surface area contributed by atoms with Crippen molar-refractivity contribution in [3.63, 3.8) is 0 Å². The summed E-state index contributed by atoms with van der Waals surface area (Å²) in [5.41, 5.74) is -0.733. The lowest BCUT2D eigenvalue weighted by Crippen LogP contribution is -2.25. The van der Waals surface area contributed by atoms with Crippen LogP contribution >= 0.6 is 0 Å². The topological polar surface area (TPSA) is 9.23 Å². The highest BCUT2D eigenvalue weighted by Gasteiger charge is 2.35. The molecule has 0 heterocycles. The van der Waals surface area contributed by atoms with Crippen LogP contribution in [-0.2, 0) is 0 Å². The predicted molar refractivity (Wildman–Crippen MR) is 119 cm³/mol.